The van der Waals surface area contributed by atoms with Crippen LogP contribution in [0.3, 0.4) is 0 Å². The maximum atomic E-state index is 6.43. The zero-order chi connectivity index (χ0) is 40.0. The molecule has 0 atom stereocenters. The highest BCUT2D eigenvalue weighted by atomic mass is 16.3. The van der Waals surface area contributed by atoms with Crippen molar-refractivity contribution in [2.75, 3.05) is 0 Å². The average Bonchev–Trinajstić information content (AvgIpc) is 3.89. The first-order valence-corrected chi connectivity index (χ1v) is 20.9. The molecule has 0 bridgehead atoms. The molecule has 60 heavy (non-hydrogen) atoms. The van der Waals surface area contributed by atoms with E-state index in [1.165, 1.54) is 44.5 Å². The fourth-order valence-electron chi connectivity index (χ4n) is 9.27. The van der Waals surface area contributed by atoms with Gasteiger partial charge < -0.3 is 8.83 Å². The minimum absolute atomic E-state index is 0.0351. The van der Waals surface area contributed by atoms with Gasteiger partial charge in [-0.25, -0.2) is 0 Å². The van der Waals surface area contributed by atoms with Gasteiger partial charge in [-0.3, -0.25) is 0 Å². The molecule has 0 amide bonds. The third-order valence-electron chi connectivity index (χ3n) is 12.4. The predicted molar refractivity (Wildman–Crippen MR) is 250 cm³/mol. The van der Waals surface area contributed by atoms with Crippen molar-refractivity contribution in [3.63, 3.8) is 0 Å². The Labute approximate surface area is 350 Å². The molecule has 0 N–H and O–H groups in total. The Kier molecular flexibility index (Phi) is 8.97. The van der Waals surface area contributed by atoms with E-state index in [9.17, 15) is 0 Å². The first-order chi connectivity index (χ1) is 29.7. The van der Waals surface area contributed by atoms with Crippen LogP contribution in [0.2, 0.25) is 0 Å². The van der Waals surface area contributed by atoms with Crippen molar-refractivity contribution in [3.8, 4) is 33.4 Å². The van der Waals surface area contributed by atoms with Crippen LogP contribution in [0.1, 0.15) is 39.3 Å². The molecular formula is C58H42O2. The Morgan fingerprint density at radius 1 is 0.350 bits per heavy atom. The van der Waals surface area contributed by atoms with Gasteiger partial charge in [0.2, 0.25) is 0 Å². The molecule has 9 aromatic carbocycles. The quantitative estimate of drug-likeness (QED) is 0.137. The van der Waals surface area contributed by atoms with Gasteiger partial charge in [-0.05, 0) is 87.5 Å². The van der Waals surface area contributed by atoms with Crippen molar-refractivity contribution < 1.29 is 8.83 Å². The van der Waals surface area contributed by atoms with E-state index >= 15 is 0 Å². The van der Waals surface area contributed by atoms with Gasteiger partial charge in [0, 0.05) is 38.6 Å². The van der Waals surface area contributed by atoms with Gasteiger partial charge in [0.15, 0.2) is 0 Å². The van der Waals surface area contributed by atoms with Gasteiger partial charge in [0.05, 0.1) is 0 Å². The lowest BCUT2D eigenvalue weighted by Crippen LogP contribution is -2.04. The molecule has 0 radical (unpaired) electrons. The smallest absolute Gasteiger partial charge is 0.143 e. The zero-order valence-corrected chi connectivity index (χ0v) is 33.4. The zero-order valence-electron chi connectivity index (χ0n) is 33.4. The van der Waals surface area contributed by atoms with E-state index in [-0.39, 0.29) is 5.92 Å². The van der Waals surface area contributed by atoms with Gasteiger partial charge in [0.25, 0.3) is 0 Å². The molecule has 0 fully saturated rings. The Balaban J connectivity index is 0.941. The number of aryl methyl sites for hydroxylation is 3. The third kappa shape index (κ3) is 6.38. The number of rotatable bonds is 9. The van der Waals surface area contributed by atoms with E-state index in [1.54, 1.807) is 0 Å². The number of furan rings is 2. The van der Waals surface area contributed by atoms with E-state index in [0.717, 1.165) is 79.0 Å². The minimum atomic E-state index is 0.0351. The molecule has 0 aliphatic heterocycles. The maximum Gasteiger partial charge on any atom is 0.143 e. The number of hydrogen-bond acceptors (Lipinski definition) is 2. The normalized spacial score (nSPS) is 11.7. The topological polar surface area (TPSA) is 26.3 Å². The van der Waals surface area contributed by atoms with Gasteiger partial charge in [-0.15, -0.1) is 0 Å². The summed E-state index contributed by atoms with van der Waals surface area (Å²) in [4.78, 5) is 0. The summed E-state index contributed by atoms with van der Waals surface area (Å²) in [6, 6.07) is 74.5. The van der Waals surface area contributed by atoms with Crippen molar-refractivity contribution in [3.05, 3.63) is 240 Å². The van der Waals surface area contributed by atoms with Crippen molar-refractivity contribution in [2.45, 2.75) is 25.7 Å². The second kappa shape index (κ2) is 15.1. The molecule has 2 heteroatoms. The Hall–Kier alpha value is -7.42. The molecule has 2 nitrogen and oxygen atoms in total. The molecule has 286 valence electrons. The van der Waals surface area contributed by atoms with Crippen molar-refractivity contribution in [1.29, 1.82) is 0 Å². The molecule has 0 aliphatic carbocycles. The third-order valence-corrected chi connectivity index (χ3v) is 12.4. The largest absolute Gasteiger partial charge is 0.455 e. The summed E-state index contributed by atoms with van der Waals surface area (Å²) < 4.78 is 12.9. The van der Waals surface area contributed by atoms with E-state index < -0.39 is 0 Å². The molecule has 0 unspecified atom stereocenters. The fraction of sp³-hybridized carbons (Fsp3) is 0.0690. The summed E-state index contributed by atoms with van der Waals surface area (Å²) in [6.07, 6.45) is 1.95. The van der Waals surface area contributed by atoms with E-state index in [4.69, 9.17) is 8.83 Å². The second-order valence-corrected chi connectivity index (χ2v) is 16.0. The molecule has 11 aromatic rings. The Morgan fingerprint density at radius 2 is 0.783 bits per heavy atom. The van der Waals surface area contributed by atoms with E-state index in [0.29, 0.717) is 0 Å². The van der Waals surface area contributed by atoms with Crippen molar-refractivity contribution in [2.24, 2.45) is 0 Å². The lowest BCUT2D eigenvalue weighted by atomic mass is 9.83. The molecule has 0 spiro atoms. The molecule has 0 saturated heterocycles. The van der Waals surface area contributed by atoms with Crippen LogP contribution in [0, 0.1) is 6.92 Å². The Morgan fingerprint density at radius 3 is 1.33 bits per heavy atom. The number of benzene rings is 9. The summed E-state index contributed by atoms with van der Waals surface area (Å²) in [7, 11) is 0. The summed E-state index contributed by atoms with van der Waals surface area (Å²) >= 11 is 0. The lowest BCUT2D eigenvalue weighted by Gasteiger charge is -2.20. The van der Waals surface area contributed by atoms with Crippen LogP contribution < -0.4 is 0 Å². The van der Waals surface area contributed by atoms with Crippen molar-refractivity contribution >= 4 is 43.9 Å². The first-order valence-electron chi connectivity index (χ1n) is 20.9. The summed E-state index contributed by atoms with van der Waals surface area (Å²) in [5.41, 5.74) is 18.6. The van der Waals surface area contributed by atoms with Gasteiger partial charge in [0.1, 0.15) is 22.3 Å². The number of fused-ring (bicyclic) bond motifs is 6. The van der Waals surface area contributed by atoms with Gasteiger partial charge >= 0.3 is 0 Å². The second-order valence-electron chi connectivity index (χ2n) is 16.0. The summed E-state index contributed by atoms with van der Waals surface area (Å²) in [5.74, 6) is 0.0351. The van der Waals surface area contributed by atoms with Crippen molar-refractivity contribution in [1.82, 2.24) is 0 Å². The predicted octanol–water partition coefficient (Wildman–Crippen LogP) is 15.8. The van der Waals surface area contributed by atoms with Gasteiger partial charge in [-0.1, -0.05) is 194 Å². The average molecular weight is 771 g/mol. The van der Waals surface area contributed by atoms with Crippen LogP contribution in [0.25, 0.3) is 77.3 Å². The Bertz CT molecular complexity index is 3150. The SMILES string of the molecule is Cc1ccccc1-c1ccccc1CCc1ccc(C(c2ccc(-c3cccc4c3oc3ccccc34)cc2)c2ccc(-c3cccc4c3oc3ccccc34)cc2)cc1. The highest BCUT2D eigenvalue weighted by molar-refractivity contribution is 6.10. The summed E-state index contributed by atoms with van der Waals surface area (Å²) in [5, 5.41) is 4.57. The van der Waals surface area contributed by atoms with Crippen LogP contribution in [0.15, 0.2) is 215 Å². The standard InChI is InChI=1S/C58H42O2/c1-38-12-2-4-14-46(38)47-15-5-3-13-40(47)27-24-39-25-28-43(29-26-39)56(44-34-30-41(31-35-44)48-18-10-20-52-50-16-6-8-22-54(50)59-57(48)52)45-36-32-42(33-37-45)49-19-11-21-53-51-17-7-9-23-55(51)60-58(49)53/h2-23,25-26,28-37,56H,24,27H2,1H3. The molecule has 2 heterocycles. The fourth-order valence-corrected chi connectivity index (χ4v) is 9.27. The molecule has 2 aromatic heterocycles. The highest BCUT2D eigenvalue weighted by Crippen LogP contribution is 2.40. The number of para-hydroxylation sites is 4. The summed E-state index contributed by atoms with van der Waals surface area (Å²) in [6.45, 7) is 2.20. The monoisotopic (exact) mass is 770 g/mol. The first kappa shape index (κ1) is 35.7. The van der Waals surface area contributed by atoms with Gasteiger partial charge in [-0.2, -0.15) is 0 Å². The molecule has 0 saturated carbocycles. The lowest BCUT2D eigenvalue weighted by molar-refractivity contribution is 0.669. The van der Waals surface area contributed by atoms with Crippen LogP contribution in [-0.4, -0.2) is 0 Å². The van der Waals surface area contributed by atoms with Crippen LogP contribution >= 0.6 is 0 Å². The van der Waals surface area contributed by atoms with Crippen LogP contribution in [0.4, 0.5) is 0 Å². The molecular weight excluding hydrogens is 729 g/mol. The number of hydrogen-bond donors (Lipinski definition) is 0. The minimum Gasteiger partial charge on any atom is -0.455 e. The maximum absolute atomic E-state index is 6.43. The van der Waals surface area contributed by atoms with Crippen LogP contribution in [0.5, 0.6) is 0 Å². The van der Waals surface area contributed by atoms with E-state index in [2.05, 4.69) is 189 Å². The van der Waals surface area contributed by atoms with Crippen LogP contribution in [-0.2, 0) is 12.8 Å². The molecule has 11 rings (SSSR count). The van der Waals surface area contributed by atoms with E-state index in [1.807, 2.05) is 24.3 Å². The highest BCUT2D eigenvalue weighted by Gasteiger charge is 2.20. The molecule has 0 aliphatic rings.